The Morgan fingerprint density at radius 1 is 0.900 bits per heavy atom. The Morgan fingerprint density at radius 2 is 1.57 bits per heavy atom. The lowest BCUT2D eigenvalue weighted by atomic mass is 10.1. The zero-order valence-corrected chi connectivity index (χ0v) is 17.9. The third-order valence-corrected chi connectivity index (χ3v) is 5.24. The predicted molar refractivity (Wildman–Crippen MR) is 117 cm³/mol. The van der Waals surface area contributed by atoms with Crippen LogP contribution in [0.25, 0.3) is 11.0 Å². The summed E-state index contributed by atoms with van der Waals surface area (Å²) in [6.45, 7) is 6.93. The molecule has 0 bridgehead atoms. The minimum atomic E-state index is -0.613. The Bertz CT molecular complexity index is 1170. The van der Waals surface area contributed by atoms with E-state index < -0.39 is 11.6 Å². The molecule has 4 aromatic rings. The number of aryl methyl sites for hydroxylation is 2. The number of nitrogens with zero attached hydrogens (tertiary/aromatic N) is 2. The summed E-state index contributed by atoms with van der Waals surface area (Å²) in [5, 5.41) is 0. The number of fused-ring (bicyclic) bond motifs is 1. The van der Waals surface area contributed by atoms with Crippen molar-refractivity contribution in [3.63, 3.8) is 0 Å². The van der Waals surface area contributed by atoms with Crippen molar-refractivity contribution in [3.8, 4) is 5.75 Å². The largest absolute Gasteiger partial charge is 0.487 e. The molecular formula is C24H23ClF2N2O. The molecule has 0 aliphatic rings. The Labute approximate surface area is 180 Å². The van der Waals surface area contributed by atoms with Gasteiger partial charge in [0.05, 0.1) is 5.52 Å². The van der Waals surface area contributed by atoms with E-state index in [1.165, 1.54) is 23.3 Å². The van der Waals surface area contributed by atoms with Crippen LogP contribution in [0.1, 0.15) is 27.9 Å². The molecule has 30 heavy (non-hydrogen) atoms. The number of halogens is 3. The Hall–Kier alpha value is -2.92. The molecule has 4 rings (SSSR count). The van der Waals surface area contributed by atoms with Crippen LogP contribution in [0.4, 0.5) is 8.78 Å². The maximum absolute atomic E-state index is 13.5. The van der Waals surface area contributed by atoms with Gasteiger partial charge in [-0.1, -0.05) is 29.8 Å². The van der Waals surface area contributed by atoms with Crippen LogP contribution in [-0.4, -0.2) is 9.55 Å². The highest BCUT2D eigenvalue weighted by Gasteiger charge is 2.17. The molecule has 0 saturated carbocycles. The van der Waals surface area contributed by atoms with Gasteiger partial charge in [0.1, 0.15) is 29.5 Å². The molecule has 0 fully saturated rings. The Balaban J connectivity index is 0.00000256. The van der Waals surface area contributed by atoms with Crippen molar-refractivity contribution in [1.29, 1.82) is 0 Å². The smallest absolute Gasteiger partial charge is 0.147 e. The van der Waals surface area contributed by atoms with E-state index in [-0.39, 0.29) is 19.0 Å². The lowest BCUT2D eigenvalue weighted by Gasteiger charge is -2.13. The van der Waals surface area contributed by atoms with E-state index >= 15 is 0 Å². The van der Waals surface area contributed by atoms with Gasteiger partial charge in [0.25, 0.3) is 0 Å². The summed E-state index contributed by atoms with van der Waals surface area (Å²) >= 11 is 0. The molecule has 3 nitrogen and oxygen atoms in total. The quantitative estimate of drug-likeness (QED) is 0.373. The van der Waals surface area contributed by atoms with Gasteiger partial charge in [-0.05, 0) is 49.6 Å². The third-order valence-electron chi connectivity index (χ3n) is 5.24. The summed E-state index contributed by atoms with van der Waals surface area (Å²) in [4.78, 5) is 4.54. The molecule has 2 heterocycles. The van der Waals surface area contributed by atoms with Crippen LogP contribution in [-0.2, 0) is 13.2 Å². The van der Waals surface area contributed by atoms with Gasteiger partial charge in [-0.15, -0.1) is 12.4 Å². The number of rotatable bonds is 5. The van der Waals surface area contributed by atoms with Crippen molar-refractivity contribution in [1.82, 2.24) is 9.55 Å². The molecule has 0 aliphatic heterocycles. The van der Waals surface area contributed by atoms with Crippen molar-refractivity contribution in [3.05, 3.63) is 94.3 Å². The summed E-state index contributed by atoms with van der Waals surface area (Å²) in [6.07, 6.45) is 1.70. The Kier molecular flexibility index (Phi) is 6.42. The fourth-order valence-electron chi connectivity index (χ4n) is 3.56. The minimum absolute atomic E-state index is 0. The van der Waals surface area contributed by atoms with Crippen molar-refractivity contribution in [2.45, 2.75) is 33.9 Å². The van der Waals surface area contributed by atoms with Gasteiger partial charge in [-0.25, -0.2) is 8.78 Å². The molecule has 0 radical (unpaired) electrons. The standard InChI is InChI=1S/C24H22F2N2O.ClH/c1-15-4-6-18(7-5-15)13-28-17(3)16(2)23-24(28)22(8-9-27-23)29-14-19-10-20(25)12-21(26)11-19;/h4-12H,13-14H2,1-3H3;1H. The molecule has 2 aromatic heterocycles. The summed E-state index contributed by atoms with van der Waals surface area (Å²) in [6, 6.07) is 13.6. The van der Waals surface area contributed by atoms with E-state index in [9.17, 15) is 8.78 Å². The number of pyridine rings is 1. The molecule has 0 N–H and O–H groups in total. The Morgan fingerprint density at radius 3 is 2.23 bits per heavy atom. The number of hydrogen-bond donors (Lipinski definition) is 0. The second kappa shape index (κ2) is 8.84. The second-order valence-electron chi connectivity index (χ2n) is 7.35. The first kappa shape index (κ1) is 21.8. The van der Waals surface area contributed by atoms with Crippen molar-refractivity contribution in [2.24, 2.45) is 0 Å². The highest BCUT2D eigenvalue weighted by Crippen LogP contribution is 2.32. The van der Waals surface area contributed by atoms with Crippen LogP contribution in [0.3, 0.4) is 0 Å². The molecule has 6 heteroatoms. The molecule has 0 saturated heterocycles. The maximum Gasteiger partial charge on any atom is 0.147 e. The number of benzene rings is 2. The van der Waals surface area contributed by atoms with E-state index in [0.717, 1.165) is 28.4 Å². The highest BCUT2D eigenvalue weighted by molar-refractivity contribution is 5.86. The predicted octanol–water partition coefficient (Wildman–Crippen LogP) is 6.29. The number of hydrogen-bond acceptors (Lipinski definition) is 2. The number of ether oxygens (including phenoxy) is 1. The molecule has 2 aromatic carbocycles. The molecule has 156 valence electrons. The lowest BCUT2D eigenvalue weighted by Crippen LogP contribution is -2.04. The van der Waals surface area contributed by atoms with Gasteiger partial charge in [-0.3, -0.25) is 4.98 Å². The lowest BCUT2D eigenvalue weighted by molar-refractivity contribution is 0.307. The van der Waals surface area contributed by atoms with Crippen LogP contribution in [0.5, 0.6) is 5.75 Å². The second-order valence-corrected chi connectivity index (χ2v) is 7.35. The van der Waals surface area contributed by atoms with Crippen molar-refractivity contribution < 1.29 is 13.5 Å². The zero-order chi connectivity index (χ0) is 20.5. The van der Waals surface area contributed by atoms with E-state index in [2.05, 4.69) is 47.7 Å². The maximum atomic E-state index is 13.5. The first-order valence-corrected chi connectivity index (χ1v) is 9.50. The average molecular weight is 429 g/mol. The fraction of sp³-hybridized carbons (Fsp3) is 0.208. The van der Waals surface area contributed by atoms with Crippen LogP contribution in [0.2, 0.25) is 0 Å². The van der Waals surface area contributed by atoms with E-state index in [1.54, 1.807) is 12.3 Å². The molecule has 0 atom stereocenters. The monoisotopic (exact) mass is 428 g/mol. The SMILES string of the molecule is Cc1ccc(Cn2c(C)c(C)c3nccc(OCc4cc(F)cc(F)c4)c32)cc1.Cl. The van der Waals surface area contributed by atoms with Crippen LogP contribution < -0.4 is 4.74 Å². The molecule has 0 aliphatic carbocycles. The summed E-state index contributed by atoms with van der Waals surface area (Å²) in [7, 11) is 0. The van der Waals surface area contributed by atoms with E-state index in [1.807, 2.05) is 6.92 Å². The molecular weight excluding hydrogens is 406 g/mol. The van der Waals surface area contributed by atoms with E-state index in [0.29, 0.717) is 17.9 Å². The van der Waals surface area contributed by atoms with Crippen molar-refractivity contribution >= 4 is 23.4 Å². The van der Waals surface area contributed by atoms with Gasteiger partial charge in [0.15, 0.2) is 0 Å². The van der Waals surface area contributed by atoms with Gasteiger partial charge in [0.2, 0.25) is 0 Å². The van der Waals surface area contributed by atoms with Gasteiger partial charge >= 0.3 is 0 Å². The zero-order valence-electron chi connectivity index (χ0n) is 17.1. The van der Waals surface area contributed by atoms with Gasteiger partial charge < -0.3 is 9.30 Å². The minimum Gasteiger partial charge on any atom is -0.487 e. The fourth-order valence-corrected chi connectivity index (χ4v) is 3.56. The highest BCUT2D eigenvalue weighted by atomic mass is 35.5. The van der Waals surface area contributed by atoms with E-state index in [4.69, 9.17) is 4.74 Å². The van der Waals surface area contributed by atoms with Crippen LogP contribution in [0, 0.1) is 32.4 Å². The van der Waals surface area contributed by atoms with Gasteiger partial charge in [0, 0.05) is 30.6 Å². The summed E-state index contributed by atoms with van der Waals surface area (Å²) in [5.41, 5.74) is 6.80. The topological polar surface area (TPSA) is 27.1 Å². The summed E-state index contributed by atoms with van der Waals surface area (Å²) < 4.78 is 35.1. The number of aromatic nitrogens is 2. The van der Waals surface area contributed by atoms with Crippen LogP contribution >= 0.6 is 12.4 Å². The first-order chi connectivity index (χ1) is 13.9. The molecule has 0 spiro atoms. The third kappa shape index (κ3) is 4.31. The van der Waals surface area contributed by atoms with Crippen LogP contribution in [0.15, 0.2) is 54.7 Å². The summed E-state index contributed by atoms with van der Waals surface area (Å²) in [5.74, 6) is -0.584. The molecule has 0 amide bonds. The first-order valence-electron chi connectivity index (χ1n) is 9.50. The normalized spacial score (nSPS) is 10.8. The molecule has 0 unspecified atom stereocenters. The van der Waals surface area contributed by atoms with Gasteiger partial charge in [-0.2, -0.15) is 0 Å². The average Bonchev–Trinajstić information content (AvgIpc) is 2.93. The van der Waals surface area contributed by atoms with Crippen molar-refractivity contribution in [2.75, 3.05) is 0 Å².